The van der Waals surface area contributed by atoms with Crippen LogP contribution < -0.4 is 0 Å². The van der Waals surface area contributed by atoms with E-state index in [1.807, 2.05) is 13.8 Å². The topological polar surface area (TPSA) is 28.7 Å². The summed E-state index contributed by atoms with van der Waals surface area (Å²) in [4.78, 5) is 0. The van der Waals surface area contributed by atoms with Gasteiger partial charge >= 0.3 is 0 Å². The quantitative estimate of drug-likeness (QED) is 0.738. The van der Waals surface area contributed by atoms with Crippen LogP contribution in [0.5, 0.6) is 0 Å². The summed E-state index contributed by atoms with van der Waals surface area (Å²) in [7, 11) is 0. The molecule has 0 unspecified atom stereocenters. The maximum absolute atomic E-state index is 13.2. The van der Waals surface area contributed by atoms with Crippen molar-refractivity contribution >= 4 is 34.1 Å². The zero-order valence-electron chi connectivity index (χ0n) is 8.66. The molecular formula is C10H11Cl2FN2. The summed E-state index contributed by atoms with van der Waals surface area (Å²) in [6, 6.07) is 1.23. The number of halogens is 3. The highest BCUT2D eigenvalue weighted by molar-refractivity contribution is 6.36. The number of aryl methyl sites for hydroxylation is 1. The SMILES string of the molecule is CC.Cc1c(Cl)cc(F)c2n[nH]c(Cl)c12. The number of benzene rings is 1. The number of hydrogen-bond donors (Lipinski definition) is 1. The molecule has 0 aliphatic heterocycles. The minimum Gasteiger partial charge on any atom is -0.266 e. The summed E-state index contributed by atoms with van der Waals surface area (Å²) in [6.07, 6.45) is 0. The van der Waals surface area contributed by atoms with Crippen LogP contribution in [0.15, 0.2) is 6.07 Å². The maximum Gasteiger partial charge on any atom is 0.152 e. The van der Waals surface area contributed by atoms with Gasteiger partial charge in [0.2, 0.25) is 0 Å². The Labute approximate surface area is 97.4 Å². The normalized spacial score (nSPS) is 10.0. The van der Waals surface area contributed by atoms with Crippen molar-refractivity contribution in [3.8, 4) is 0 Å². The molecule has 0 saturated carbocycles. The Morgan fingerprint density at radius 2 is 1.93 bits per heavy atom. The van der Waals surface area contributed by atoms with Crippen LogP contribution in [0.3, 0.4) is 0 Å². The van der Waals surface area contributed by atoms with Crippen LogP contribution in [0.2, 0.25) is 10.2 Å². The molecule has 0 aliphatic carbocycles. The first-order valence-electron chi connectivity index (χ1n) is 4.59. The van der Waals surface area contributed by atoms with E-state index in [-0.39, 0.29) is 5.52 Å². The van der Waals surface area contributed by atoms with E-state index in [0.29, 0.717) is 15.6 Å². The lowest BCUT2D eigenvalue weighted by atomic mass is 10.1. The van der Waals surface area contributed by atoms with E-state index in [1.54, 1.807) is 6.92 Å². The molecule has 1 aromatic heterocycles. The Kier molecular flexibility index (Phi) is 3.94. The third-order valence-electron chi connectivity index (χ3n) is 1.94. The van der Waals surface area contributed by atoms with Crippen molar-refractivity contribution in [2.75, 3.05) is 0 Å². The largest absolute Gasteiger partial charge is 0.266 e. The smallest absolute Gasteiger partial charge is 0.152 e. The van der Waals surface area contributed by atoms with Gasteiger partial charge in [-0.3, -0.25) is 5.10 Å². The summed E-state index contributed by atoms with van der Waals surface area (Å²) in [6.45, 7) is 5.77. The third-order valence-corrected chi connectivity index (χ3v) is 2.60. The minimum atomic E-state index is -0.464. The van der Waals surface area contributed by atoms with Gasteiger partial charge in [-0.1, -0.05) is 37.0 Å². The molecule has 82 valence electrons. The molecule has 0 aliphatic rings. The summed E-state index contributed by atoms with van der Waals surface area (Å²) in [5, 5.41) is 7.45. The van der Waals surface area contributed by atoms with Crippen LogP contribution in [0, 0.1) is 12.7 Å². The van der Waals surface area contributed by atoms with Crippen molar-refractivity contribution in [3.05, 3.63) is 27.6 Å². The van der Waals surface area contributed by atoms with Gasteiger partial charge in [-0.2, -0.15) is 5.10 Å². The first kappa shape index (κ1) is 12.3. The molecule has 2 nitrogen and oxygen atoms in total. The van der Waals surface area contributed by atoms with E-state index in [1.165, 1.54) is 6.07 Å². The number of nitrogens with one attached hydrogen (secondary N) is 1. The zero-order valence-corrected chi connectivity index (χ0v) is 10.2. The number of aromatic amines is 1. The standard InChI is InChI=1S/C8H5Cl2FN2.C2H6/c1-3-4(9)2-5(11)7-6(3)8(10)13-12-7;1-2/h2H,1H3,(H,12,13);1-2H3. The van der Waals surface area contributed by atoms with Crippen LogP contribution in [0.1, 0.15) is 19.4 Å². The molecule has 0 saturated heterocycles. The molecule has 0 bridgehead atoms. The molecule has 0 atom stereocenters. The van der Waals surface area contributed by atoms with Gasteiger partial charge in [-0.15, -0.1) is 0 Å². The lowest BCUT2D eigenvalue weighted by Gasteiger charge is -1.99. The fourth-order valence-corrected chi connectivity index (χ4v) is 1.71. The predicted molar refractivity (Wildman–Crippen MR) is 62.2 cm³/mol. The number of hydrogen-bond acceptors (Lipinski definition) is 1. The Balaban J connectivity index is 0.000000531. The van der Waals surface area contributed by atoms with E-state index in [4.69, 9.17) is 23.2 Å². The Bertz CT molecular complexity index is 480. The van der Waals surface area contributed by atoms with Crippen molar-refractivity contribution in [1.82, 2.24) is 10.2 Å². The van der Waals surface area contributed by atoms with Gasteiger partial charge in [0.25, 0.3) is 0 Å². The van der Waals surface area contributed by atoms with Crippen LogP contribution in [-0.4, -0.2) is 10.2 Å². The summed E-state index contributed by atoms with van der Waals surface area (Å²) < 4.78 is 13.2. The second kappa shape index (κ2) is 4.81. The highest BCUT2D eigenvalue weighted by Gasteiger charge is 2.13. The van der Waals surface area contributed by atoms with E-state index in [2.05, 4.69) is 10.2 Å². The predicted octanol–water partition coefficient (Wildman–Crippen LogP) is 4.34. The molecule has 1 N–H and O–H groups in total. The lowest BCUT2D eigenvalue weighted by molar-refractivity contribution is 0.636. The fourth-order valence-electron chi connectivity index (χ4n) is 1.24. The third kappa shape index (κ3) is 2.08. The summed E-state index contributed by atoms with van der Waals surface area (Å²) in [5.74, 6) is -0.464. The summed E-state index contributed by atoms with van der Waals surface area (Å²) in [5.41, 5.74) is 0.962. The van der Waals surface area contributed by atoms with Gasteiger partial charge in [0, 0.05) is 10.4 Å². The van der Waals surface area contributed by atoms with Crippen LogP contribution in [0.4, 0.5) is 4.39 Å². The minimum absolute atomic E-state index is 0.229. The maximum atomic E-state index is 13.2. The monoisotopic (exact) mass is 248 g/mol. The average molecular weight is 249 g/mol. The Morgan fingerprint density at radius 3 is 2.53 bits per heavy atom. The molecular weight excluding hydrogens is 238 g/mol. The molecule has 0 fully saturated rings. The fraction of sp³-hybridized carbons (Fsp3) is 0.300. The van der Waals surface area contributed by atoms with Crippen LogP contribution in [-0.2, 0) is 0 Å². The first-order chi connectivity index (χ1) is 7.11. The van der Waals surface area contributed by atoms with Gasteiger partial charge in [0.1, 0.15) is 10.7 Å². The van der Waals surface area contributed by atoms with Gasteiger partial charge in [-0.05, 0) is 18.6 Å². The highest BCUT2D eigenvalue weighted by Crippen LogP contribution is 2.30. The molecule has 0 amide bonds. The van der Waals surface area contributed by atoms with Gasteiger partial charge in [-0.25, -0.2) is 4.39 Å². The zero-order chi connectivity index (χ0) is 11.6. The molecule has 0 radical (unpaired) electrons. The number of aromatic nitrogens is 2. The summed E-state index contributed by atoms with van der Waals surface area (Å²) >= 11 is 11.6. The molecule has 15 heavy (non-hydrogen) atoms. The second-order valence-corrected chi connectivity index (χ2v) is 3.51. The van der Waals surface area contributed by atoms with Gasteiger partial charge in [0.15, 0.2) is 5.82 Å². The number of nitrogens with zero attached hydrogens (tertiary/aromatic N) is 1. The number of fused-ring (bicyclic) bond motifs is 1. The molecule has 1 heterocycles. The highest BCUT2D eigenvalue weighted by atomic mass is 35.5. The van der Waals surface area contributed by atoms with Crippen LogP contribution >= 0.6 is 23.2 Å². The Hall–Kier alpha value is -0.800. The van der Waals surface area contributed by atoms with E-state index >= 15 is 0 Å². The van der Waals surface area contributed by atoms with E-state index in [9.17, 15) is 4.39 Å². The van der Waals surface area contributed by atoms with Crippen molar-refractivity contribution in [3.63, 3.8) is 0 Å². The molecule has 0 spiro atoms. The number of rotatable bonds is 0. The van der Waals surface area contributed by atoms with Gasteiger partial charge in [0.05, 0.1) is 0 Å². The average Bonchev–Trinajstić information content (AvgIpc) is 2.61. The lowest BCUT2D eigenvalue weighted by Crippen LogP contribution is -1.83. The van der Waals surface area contributed by atoms with Crippen LogP contribution in [0.25, 0.3) is 10.9 Å². The molecule has 2 aromatic rings. The van der Waals surface area contributed by atoms with E-state index in [0.717, 1.165) is 5.56 Å². The van der Waals surface area contributed by atoms with Crippen molar-refractivity contribution in [2.45, 2.75) is 20.8 Å². The molecule has 1 aromatic carbocycles. The van der Waals surface area contributed by atoms with E-state index < -0.39 is 5.82 Å². The van der Waals surface area contributed by atoms with Crippen molar-refractivity contribution in [1.29, 1.82) is 0 Å². The Morgan fingerprint density at radius 1 is 1.33 bits per heavy atom. The first-order valence-corrected chi connectivity index (χ1v) is 5.35. The van der Waals surface area contributed by atoms with Crippen molar-refractivity contribution < 1.29 is 4.39 Å². The second-order valence-electron chi connectivity index (χ2n) is 2.73. The number of H-pyrrole nitrogens is 1. The molecule has 2 rings (SSSR count). The van der Waals surface area contributed by atoms with Crippen molar-refractivity contribution in [2.24, 2.45) is 0 Å². The van der Waals surface area contributed by atoms with Gasteiger partial charge < -0.3 is 0 Å². The molecule has 5 heteroatoms.